The molecule has 0 aliphatic heterocycles. The highest BCUT2D eigenvalue weighted by molar-refractivity contribution is 6.31. The Hall–Kier alpha value is -1.71. The molecule has 0 radical (unpaired) electrons. The van der Waals surface area contributed by atoms with Crippen LogP contribution < -0.4 is 15.2 Å². The fourth-order valence-corrected chi connectivity index (χ4v) is 2.35. The van der Waals surface area contributed by atoms with E-state index >= 15 is 0 Å². The normalized spacial score (nSPS) is 12.0. The molecule has 2 rings (SSSR count). The molecule has 2 aromatic carbocycles. The molecule has 0 bridgehead atoms. The Bertz CT molecular complexity index is 586. The zero-order valence-corrected chi connectivity index (χ0v) is 12.4. The first kappa shape index (κ1) is 14.7. The van der Waals surface area contributed by atoms with Crippen LogP contribution in [0.4, 0.5) is 0 Å². The van der Waals surface area contributed by atoms with Crippen molar-refractivity contribution in [2.24, 2.45) is 5.73 Å². The molecule has 0 spiro atoms. The van der Waals surface area contributed by atoms with E-state index in [9.17, 15) is 0 Å². The molecule has 4 heteroatoms. The second-order valence-corrected chi connectivity index (χ2v) is 4.92. The Morgan fingerprint density at radius 1 is 1.10 bits per heavy atom. The summed E-state index contributed by atoms with van der Waals surface area (Å²) in [7, 11) is 3.25. The second kappa shape index (κ2) is 6.64. The quantitative estimate of drug-likeness (QED) is 0.915. The van der Waals surface area contributed by atoms with Crippen molar-refractivity contribution in [3.8, 4) is 11.5 Å². The minimum atomic E-state index is -0.184. The first-order valence-electron chi connectivity index (χ1n) is 6.36. The van der Waals surface area contributed by atoms with Crippen LogP contribution in [0.5, 0.6) is 11.5 Å². The van der Waals surface area contributed by atoms with Gasteiger partial charge in [0.05, 0.1) is 14.2 Å². The van der Waals surface area contributed by atoms with E-state index in [0.717, 1.165) is 27.6 Å². The van der Waals surface area contributed by atoms with Crippen LogP contribution in [0.2, 0.25) is 5.02 Å². The zero-order chi connectivity index (χ0) is 14.5. The summed E-state index contributed by atoms with van der Waals surface area (Å²) >= 11 is 6.17. The van der Waals surface area contributed by atoms with Crippen molar-refractivity contribution in [3.05, 3.63) is 58.6 Å². The fourth-order valence-electron chi connectivity index (χ4n) is 2.14. The van der Waals surface area contributed by atoms with Gasteiger partial charge in [-0.05, 0) is 24.1 Å². The Labute approximate surface area is 124 Å². The SMILES string of the molecule is COc1ccc(C(N)Cc2ccccc2Cl)c(OC)c1. The lowest BCUT2D eigenvalue weighted by Gasteiger charge is -2.17. The average molecular weight is 292 g/mol. The predicted molar refractivity (Wildman–Crippen MR) is 81.6 cm³/mol. The van der Waals surface area contributed by atoms with E-state index in [0.29, 0.717) is 6.42 Å². The molecule has 2 aromatic rings. The third-order valence-corrected chi connectivity index (χ3v) is 3.61. The maximum absolute atomic E-state index is 6.28. The third kappa shape index (κ3) is 3.24. The molecule has 20 heavy (non-hydrogen) atoms. The molecule has 3 nitrogen and oxygen atoms in total. The van der Waals surface area contributed by atoms with Gasteiger partial charge in [0.25, 0.3) is 0 Å². The lowest BCUT2D eigenvalue weighted by atomic mass is 9.98. The van der Waals surface area contributed by atoms with Crippen molar-refractivity contribution in [2.45, 2.75) is 12.5 Å². The van der Waals surface area contributed by atoms with Crippen molar-refractivity contribution >= 4 is 11.6 Å². The number of hydrogen-bond acceptors (Lipinski definition) is 3. The predicted octanol–water partition coefficient (Wildman–Crippen LogP) is 3.60. The van der Waals surface area contributed by atoms with E-state index in [1.807, 2.05) is 42.5 Å². The minimum Gasteiger partial charge on any atom is -0.497 e. The summed E-state index contributed by atoms with van der Waals surface area (Å²) in [4.78, 5) is 0. The Morgan fingerprint density at radius 2 is 1.85 bits per heavy atom. The molecule has 2 N–H and O–H groups in total. The van der Waals surface area contributed by atoms with Crippen LogP contribution >= 0.6 is 11.6 Å². The Kier molecular flexibility index (Phi) is 4.88. The van der Waals surface area contributed by atoms with E-state index in [-0.39, 0.29) is 6.04 Å². The number of ether oxygens (including phenoxy) is 2. The number of methoxy groups -OCH3 is 2. The molecule has 0 aromatic heterocycles. The lowest BCUT2D eigenvalue weighted by Crippen LogP contribution is -2.14. The molecule has 1 atom stereocenters. The van der Waals surface area contributed by atoms with Gasteiger partial charge in [0.2, 0.25) is 0 Å². The van der Waals surface area contributed by atoms with Crippen LogP contribution in [0.15, 0.2) is 42.5 Å². The summed E-state index contributed by atoms with van der Waals surface area (Å²) in [5.41, 5.74) is 8.25. The zero-order valence-electron chi connectivity index (χ0n) is 11.6. The number of hydrogen-bond donors (Lipinski definition) is 1. The van der Waals surface area contributed by atoms with E-state index in [1.54, 1.807) is 14.2 Å². The van der Waals surface area contributed by atoms with Gasteiger partial charge < -0.3 is 15.2 Å². The maximum Gasteiger partial charge on any atom is 0.127 e. The van der Waals surface area contributed by atoms with Gasteiger partial charge in [0, 0.05) is 22.7 Å². The van der Waals surface area contributed by atoms with Gasteiger partial charge in [0.15, 0.2) is 0 Å². The van der Waals surface area contributed by atoms with Crippen molar-refractivity contribution in [3.63, 3.8) is 0 Å². The van der Waals surface area contributed by atoms with Crippen molar-refractivity contribution in [2.75, 3.05) is 14.2 Å². The average Bonchev–Trinajstić information content (AvgIpc) is 2.48. The highest BCUT2D eigenvalue weighted by Gasteiger charge is 2.14. The van der Waals surface area contributed by atoms with Gasteiger partial charge in [-0.25, -0.2) is 0 Å². The molecule has 0 saturated heterocycles. The van der Waals surface area contributed by atoms with E-state index in [2.05, 4.69) is 0 Å². The number of halogens is 1. The molecule has 0 saturated carbocycles. The maximum atomic E-state index is 6.28. The van der Waals surface area contributed by atoms with Crippen LogP contribution in [-0.2, 0) is 6.42 Å². The molecule has 0 amide bonds. The van der Waals surface area contributed by atoms with E-state index < -0.39 is 0 Å². The lowest BCUT2D eigenvalue weighted by molar-refractivity contribution is 0.388. The summed E-state index contributed by atoms with van der Waals surface area (Å²) in [6.45, 7) is 0. The summed E-state index contributed by atoms with van der Waals surface area (Å²) in [5.74, 6) is 1.47. The van der Waals surface area contributed by atoms with Crippen molar-refractivity contribution < 1.29 is 9.47 Å². The van der Waals surface area contributed by atoms with Crippen LogP contribution in [0.25, 0.3) is 0 Å². The van der Waals surface area contributed by atoms with Crippen LogP contribution in [0, 0.1) is 0 Å². The van der Waals surface area contributed by atoms with Gasteiger partial charge in [-0.1, -0.05) is 35.9 Å². The Balaban J connectivity index is 2.25. The smallest absolute Gasteiger partial charge is 0.127 e. The summed E-state index contributed by atoms with van der Waals surface area (Å²) in [5, 5.41) is 0.732. The topological polar surface area (TPSA) is 44.5 Å². The molecule has 106 valence electrons. The largest absolute Gasteiger partial charge is 0.497 e. The van der Waals surface area contributed by atoms with Gasteiger partial charge in [-0.15, -0.1) is 0 Å². The number of rotatable bonds is 5. The number of benzene rings is 2. The molecule has 0 aliphatic carbocycles. The van der Waals surface area contributed by atoms with Crippen LogP contribution in [0.1, 0.15) is 17.2 Å². The first-order valence-corrected chi connectivity index (χ1v) is 6.74. The molecular formula is C16H18ClNO2. The van der Waals surface area contributed by atoms with Crippen LogP contribution in [0.3, 0.4) is 0 Å². The highest BCUT2D eigenvalue weighted by atomic mass is 35.5. The van der Waals surface area contributed by atoms with E-state index in [1.165, 1.54) is 0 Å². The monoisotopic (exact) mass is 291 g/mol. The molecule has 1 unspecified atom stereocenters. The molecule has 0 heterocycles. The highest BCUT2D eigenvalue weighted by Crippen LogP contribution is 2.31. The third-order valence-electron chi connectivity index (χ3n) is 3.24. The van der Waals surface area contributed by atoms with Gasteiger partial charge in [-0.2, -0.15) is 0 Å². The molecular weight excluding hydrogens is 274 g/mol. The van der Waals surface area contributed by atoms with Crippen LogP contribution in [-0.4, -0.2) is 14.2 Å². The van der Waals surface area contributed by atoms with Crippen molar-refractivity contribution in [1.29, 1.82) is 0 Å². The fraction of sp³-hybridized carbons (Fsp3) is 0.250. The van der Waals surface area contributed by atoms with E-state index in [4.69, 9.17) is 26.8 Å². The summed E-state index contributed by atoms with van der Waals surface area (Å²) < 4.78 is 10.6. The summed E-state index contributed by atoms with van der Waals surface area (Å²) in [6, 6.07) is 13.2. The Morgan fingerprint density at radius 3 is 2.50 bits per heavy atom. The van der Waals surface area contributed by atoms with Crippen molar-refractivity contribution in [1.82, 2.24) is 0 Å². The minimum absolute atomic E-state index is 0.184. The van der Waals surface area contributed by atoms with Gasteiger partial charge in [0.1, 0.15) is 11.5 Å². The first-order chi connectivity index (χ1) is 9.65. The molecule has 0 fully saturated rings. The molecule has 0 aliphatic rings. The number of nitrogens with two attached hydrogens (primary N) is 1. The second-order valence-electron chi connectivity index (χ2n) is 4.51. The summed E-state index contributed by atoms with van der Waals surface area (Å²) in [6.07, 6.45) is 0.655. The van der Waals surface area contributed by atoms with Gasteiger partial charge in [-0.3, -0.25) is 0 Å². The van der Waals surface area contributed by atoms with Gasteiger partial charge >= 0.3 is 0 Å². The standard InChI is InChI=1S/C16H18ClNO2/c1-19-12-7-8-13(16(10-12)20-2)15(18)9-11-5-3-4-6-14(11)17/h3-8,10,15H,9,18H2,1-2H3.